The molecule has 1 aromatic carbocycles. The van der Waals surface area contributed by atoms with E-state index in [-0.39, 0.29) is 31.8 Å². The van der Waals surface area contributed by atoms with Crippen molar-refractivity contribution in [3.63, 3.8) is 0 Å². The molecule has 3 N–H and O–H groups in total. The van der Waals surface area contributed by atoms with Crippen LogP contribution in [0.4, 0.5) is 13.2 Å². The zero-order valence-corrected chi connectivity index (χ0v) is 11.3. The van der Waals surface area contributed by atoms with E-state index in [9.17, 15) is 18.3 Å². The van der Waals surface area contributed by atoms with Crippen molar-refractivity contribution in [3.8, 4) is 0 Å². The zero-order valence-electron chi connectivity index (χ0n) is 11.3. The number of rotatable bonds is 4. The molecule has 0 amide bonds. The average molecular weight is 288 g/mol. The Labute approximate surface area is 116 Å². The van der Waals surface area contributed by atoms with Gasteiger partial charge in [0.1, 0.15) is 0 Å². The van der Waals surface area contributed by atoms with Crippen LogP contribution in [0.1, 0.15) is 36.1 Å². The predicted molar refractivity (Wildman–Crippen MR) is 69.9 cm³/mol. The third kappa shape index (κ3) is 2.55. The van der Waals surface area contributed by atoms with Gasteiger partial charge in [0.05, 0.1) is 12.2 Å². The van der Waals surface area contributed by atoms with Gasteiger partial charge in [-0.05, 0) is 23.6 Å². The Kier molecular flexibility index (Phi) is 4.36. The first-order valence-electron chi connectivity index (χ1n) is 6.69. The van der Waals surface area contributed by atoms with Crippen LogP contribution in [-0.2, 0) is 12.7 Å². The van der Waals surface area contributed by atoms with Crippen LogP contribution in [0.3, 0.4) is 0 Å². The second-order valence-electron chi connectivity index (χ2n) is 5.04. The molecule has 1 aromatic rings. The third-order valence-corrected chi connectivity index (χ3v) is 3.99. The molecule has 0 fully saturated rings. The summed E-state index contributed by atoms with van der Waals surface area (Å²) in [5.74, 6) is 0. The number of nitrogens with zero attached hydrogens (tertiary/aromatic N) is 1. The highest BCUT2D eigenvalue weighted by molar-refractivity contribution is 5.42. The fourth-order valence-corrected chi connectivity index (χ4v) is 2.94. The van der Waals surface area contributed by atoms with E-state index in [1.165, 1.54) is 6.07 Å². The van der Waals surface area contributed by atoms with Gasteiger partial charge in [-0.1, -0.05) is 19.1 Å². The fraction of sp³-hybridized carbons (Fsp3) is 0.571. The summed E-state index contributed by atoms with van der Waals surface area (Å²) >= 11 is 0. The molecule has 1 heterocycles. The van der Waals surface area contributed by atoms with Gasteiger partial charge in [-0.3, -0.25) is 4.90 Å². The molecule has 2 atom stereocenters. The molecular formula is C14H19F3N2O. The first-order valence-corrected chi connectivity index (χ1v) is 6.69. The van der Waals surface area contributed by atoms with E-state index in [1.807, 2.05) is 11.8 Å². The minimum Gasteiger partial charge on any atom is -0.395 e. The van der Waals surface area contributed by atoms with Crippen molar-refractivity contribution in [2.45, 2.75) is 38.1 Å². The minimum atomic E-state index is -4.36. The van der Waals surface area contributed by atoms with Crippen LogP contribution in [0, 0.1) is 0 Å². The Balaban J connectivity index is 2.44. The number of aliphatic hydroxyl groups is 1. The number of halogens is 3. The van der Waals surface area contributed by atoms with E-state index >= 15 is 0 Å². The van der Waals surface area contributed by atoms with Crippen LogP contribution in [-0.4, -0.2) is 29.2 Å². The van der Waals surface area contributed by atoms with Gasteiger partial charge in [0.15, 0.2) is 0 Å². The smallest absolute Gasteiger partial charge is 0.395 e. The summed E-state index contributed by atoms with van der Waals surface area (Å²) in [6.07, 6.45) is -3.69. The van der Waals surface area contributed by atoms with Crippen LogP contribution in [0.5, 0.6) is 0 Å². The second kappa shape index (κ2) is 5.71. The first-order chi connectivity index (χ1) is 9.43. The highest BCUT2D eigenvalue weighted by Gasteiger charge is 2.40. The van der Waals surface area contributed by atoms with Crippen molar-refractivity contribution < 1.29 is 18.3 Å². The van der Waals surface area contributed by atoms with Gasteiger partial charge in [-0.15, -0.1) is 0 Å². The molecule has 0 saturated heterocycles. The molecule has 1 aliphatic heterocycles. The van der Waals surface area contributed by atoms with Gasteiger partial charge in [0.25, 0.3) is 0 Å². The number of alkyl halides is 3. The molecule has 0 spiro atoms. The van der Waals surface area contributed by atoms with Crippen molar-refractivity contribution in [1.82, 2.24) is 4.90 Å². The molecular weight excluding hydrogens is 269 g/mol. The lowest BCUT2D eigenvalue weighted by molar-refractivity contribution is -0.138. The summed E-state index contributed by atoms with van der Waals surface area (Å²) in [7, 11) is 0. The summed E-state index contributed by atoms with van der Waals surface area (Å²) in [5.41, 5.74) is 6.07. The minimum absolute atomic E-state index is 0.0810. The Hall–Kier alpha value is -1.11. The van der Waals surface area contributed by atoms with Gasteiger partial charge >= 0.3 is 6.18 Å². The maximum absolute atomic E-state index is 13.1. The molecule has 3 nitrogen and oxygen atoms in total. The Morgan fingerprint density at radius 3 is 2.65 bits per heavy atom. The summed E-state index contributed by atoms with van der Waals surface area (Å²) in [4.78, 5) is 1.87. The van der Waals surface area contributed by atoms with Crippen LogP contribution in [0.2, 0.25) is 0 Å². The first kappa shape index (κ1) is 15.3. The molecule has 0 radical (unpaired) electrons. The van der Waals surface area contributed by atoms with Gasteiger partial charge in [-0.25, -0.2) is 0 Å². The number of aliphatic hydroxyl groups excluding tert-OH is 1. The molecule has 0 aromatic heterocycles. The van der Waals surface area contributed by atoms with E-state index in [4.69, 9.17) is 5.73 Å². The fourth-order valence-electron chi connectivity index (χ4n) is 2.94. The van der Waals surface area contributed by atoms with E-state index in [0.717, 1.165) is 6.07 Å². The van der Waals surface area contributed by atoms with Crippen LogP contribution < -0.4 is 5.73 Å². The highest BCUT2D eigenvalue weighted by atomic mass is 19.4. The molecule has 6 heteroatoms. The second-order valence-corrected chi connectivity index (χ2v) is 5.04. The number of hydrogen-bond acceptors (Lipinski definition) is 3. The van der Waals surface area contributed by atoms with Crippen LogP contribution in [0.15, 0.2) is 18.2 Å². The average Bonchev–Trinajstić information content (AvgIpc) is 2.77. The molecule has 112 valence electrons. The Bertz CT molecular complexity index is 472. The van der Waals surface area contributed by atoms with E-state index in [2.05, 4.69) is 0 Å². The zero-order chi connectivity index (χ0) is 14.9. The molecule has 2 rings (SSSR count). The SMILES string of the molecule is CCC(CO)N1Cc2c(cccc2C(F)(F)F)C1CN. The molecule has 20 heavy (non-hydrogen) atoms. The van der Waals surface area contributed by atoms with Gasteiger partial charge in [0.2, 0.25) is 0 Å². The van der Waals surface area contributed by atoms with Gasteiger partial charge in [0, 0.05) is 25.2 Å². The van der Waals surface area contributed by atoms with E-state index in [0.29, 0.717) is 17.5 Å². The molecule has 0 bridgehead atoms. The lowest BCUT2D eigenvalue weighted by Crippen LogP contribution is -2.38. The summed E-state index contributed by atoms with van der Waals surface area (Å²) in [6, 6.07) is 3.80. The number of benzene rings is 1. The highest BCUT2D eigenvalue weighted by Crippen LogP contribution is 2.42. The van der Waals surface area contributed by atoms with Crippen LogP contribution in [0.25, 0.3) is 0 Å². The Morgan fingerprint density at radius 2 is 2.15 bits per heavy atom. The van der Waals surface area contributed by atoms with Crippen molar-refractivity contribution in [2.75, 3.05) is 13.2 Å². The maximum atomic E-state index is 13.1. The van der Waals surface area contributed by atoms with E-state index in [1.54, 1.807) is 6.07 Å². The van der Waals surface area contributed by atoms with Crippen molar-refractivity contribution in [3.05, 3.63) is 34.9 Å². The standard InChI is InChI=1S/C14H19F3N2O/c1-2-9(8-20)19-7-11-10(13(19)6-18)4-3-5-12(11)14(15,16)17/h3-5,9,13,20H,2,6-8,18H2,1H3. The van der Waals surface area contributed by atoms with Crippen LogP contribution >= 0.6 is 0 Å². The largest absolute Gasteiger partial charge is 0.416 e. The predicted octanol–water partition coefficient (Wildman–Crippen LogP) is 2.29. The quantitative estimate of drug-likeness (QED) is 0.893. The normalized spacial score (nSPS) is 21.0. The summed E-state index contributed by atoms with van der Waals surface area (Å²) in [6.45, 7) is 2.25. The molecule has 2 unspecified atom stereocenters. The van der Waals surface area contributed by atoms with Crippen molar-refractivity contribution in [2.24, 2.45) is 5.73 Å². The number of fused-ring (bicyclic) bond motifs is 1. The van der Waals surface area contributed by atoms with Crippen molar-refractivity contribution >= 4 is 0 Å². The lowest BCUT2D eigenvalue weighted by Gasteiger charge is -2.30. The number of hydrogen-bond donors (Lipinski definition) is 2. The number of nitrogens with two attached hydrogens (primary N) is 1. The summed E-state index contributed by atoms with van der Waals surface area (Å²) < 4.78 is 39.2. The molecule has 1 aliphatic rings. The monoisotopic (exact) mass is 288 g/mol. The van der Waals surface area contributed by atoms with Crippen molar-refractivity contribution in [1.29, 1.82) is 0 Å². The topological polar surface area (TPSA) is 49.5 Å². The van der Waals surface area contributed by atoms with Gasteiger partial charge < -0.3 is 10.8 Å². The van der Waals surface area contributed by atoms with E-state index < -0.39 is 11.7 Å². The Morgan fingerprint density at radius 1 is 1.45 bits per heavy atom. The van der Waals surface area contributed by atoms with Gasteiger partial charge in [-0.2, -0.15) is 13.2 Å². The molecule has 0 aliphatic carbocycles. The molecule has 0 saturated carbocycles. The third-order valence-electron chi connectivity index (χ3n) is 3.99. The summed E-state index contributed by atoms with van der Waals surface area (Å²) in [5, 5.41) is 9.40. The lowest BCUT2D eigenvalue weighted by atomic mass is 9.99. The maximum Gasteiger partial charge on any atom is 0.416 e.